The van der Waals surface area contributed by atoms with Crippen LogP contribution in [0.5, 0.6) is 5.75 Å². The maximum atomic E-state index is 11.6. The van der Waals surface area contributed by atoms with Gasteiger partial charge in [0.25, 0.3) is 5.91 Å². The molecule has 6 nitrogen and oxygen atoms in total. The fraction of sp³-hybridized carbons (Fsp3) is 0.462. The maximum Gasteiger partial charge on any atom is 0.264 e. The first-order chi connectivity index (χ1) is 9.15. The van der Waals surface area contributed by atoms with Gasteiger partial charge in [-0.3, -0.25) is 4.79 Å². The first kappa shape index (κ1) is 13.6. The zero-order valence-electron chi connectivity index (χ0n) is 10.8. The summed E-state index contributed by atoms with van der Waals surface area (Å²) in [5.74, 6) is 0.564. The minimum atomic E-state index is -0.214. The molecule has 0 aromatic heterocycles. The average molecular weight is 266 g/mol. The number of benzene rings is 1. The van der Waals surface area contributed by atoms with E-state index in [0.29, 0.717) is 17.9 Å². The van der Waals surface area contributed by atoms with Crippen molar-refractivity contribution in [3.05, 3.63) is 18.2 Å². The molecule has 1 atom stereocenters. The number of fused-ring (bicyclic) bond motifs is 1. The third-order valence-electron chi connectivity index (χ3n) is 3.11. The molecule has 0 fully saturated rings. The van der Waals surface area contributed by atoms with Crippen LogP contribution in [-0.4, -0.2) is 49.0 Å². The monoisotopic (exact) mass is 266 g/mol. The molecule has 0 bridgehead atoms. The molecule has 2 rings (SSSR count). The number of hydrogen-bond donors (Lipinski definition) is 3. The Balaban J connectivity index is 2.18. The standard InChI is InChI=1S/C13H18N2O4/c1-15-11-6-9(14-10(7-17)4-5-16)2-3-12(11)19-8-13(15)18/h2-3,6,10,14,16-17H,4-5,7-8H2,1H3. The highest BCUT2D eigenvalue weighted by molar-refractivity contribution is 5.97. The molecule has 104 valence electrons. The molecule has 6 heteroatoms. The van der Waals surface area contributed by atoms with Crippen LogP contribution >= 0.6 is 0 Å². The van der Waals surface area contributed by atoms with Crippen LogP contribution in [0.4, 0.5) is 11.4 Å². The van der Waals surface area contributed by atoms with Crippen LogP contribution in [0.15, 0.2) is 18.2 Å². The third kappa shape index (κ3) is 2.97. The summed E-state index contributed by atoms with van der Waals surface area (Å²) in [5, 5.41) is 21.2. The van der Waals surface area contributed by atoms with Gasteiger partial charge in [-0.2, -0.15) is 0 Å². The van der Waals surface area contributed by atoms with Gasteiger partial charge in [-0.25, -0.2) is 0 Å². The lowest BCUT2D eigenvalue weighted by Gasteiger charge is -2.27. The van der Waals surface area contributed by atoms with Crippen LogP contribution in [0.2, 0.25) is 0 Å². The Labute approximate surface area is 111 Å². The van der Waals surface area contributed by atoms with Crippen molar-refractivity contribution >= 4 is 17.3 Å². The average Bonchev–Trinajstić information content (AvgIpc) is 2.43. The van der Waals surface area contributed by atoms with E-state index in [1.54, 1.807) is 24.1 Å². The lowest BCUT2D eigenvalue weighted by molar-refractivity contribution is -0.120. The Kier molecular flexibility index (Phi) is 4.24. The van der Waals surface area contributed by atoms with Gasteiger partial charge in [0, 0.05) is 19.3 Å². The summed E-state index contributed by atoms with van der Waals surface area (Å²) in [6.07, 6.45) is 0.457. The van der Waals surface area contributed by atoms with Gasteiger partial charge >= 0.3 is 0 Å². The predicted octanol–water partition coefficient (Wildman–Crippen LogP) is 0.197. The topological polar surface area (TPSA) is 82.0 Å². The zero-order chi connectivity index (χ0) is 13.8. The number of carbonyl (C=O) groups is 1. The number of anilines is 2. The van der Waals surface area contributed by atoms with Gasteiger partial charge in [0.2, 0.25) is 0 Å². The Morgan fingerprint density at radius 1 is 1.47 bits per heavy atom. The van der Waals surface area contributed by atoms with Crippen molar-refractivity contribution in [2.75, 3.05) is 37.1 Å². The molecule has 1 unspecified atom stereocenters. The van der Waals surface area contributed by atoms with Crippen LogP contribution < -0.4 is 15.0 Å². The Morgan fingerprint density at radius 2 is 2.26 bits per heavy atom. The minimum Gasteiger partial charge on any atom is -0.482 e. The first-order valence-corrected chi connectivity index (χ1v) is 6.17. The lowest BCUT2D eigenvalue weighted by Crippen LogP contribution is -2.35. The Bertz CT molecular complexity index is 464. The number of amides is 1. The van der Waals surface area contributed by atoms with E-state index >= 15 is 0 Å². The highest BCUT2D eigenvalue weighted by Crippen LogP contribution is 2.33. The van der Waals surface area contributed by atoms with Crippen molar-refractivity contribution in [3.63, 3.8) is 0 Å². The van der Waals surface area contributed by atoms with Crippen molar-refractivity contribution in [2.24, 2.45) is 0 Å². The molecule has 0 saturated heterocycles. The number of rotatable bonds is 5. The molecule has 1 aromatic carbocycles. The fourth-order valence-electron chi connectivity index (χ4n) is 1.96. The molecule has 1 amide bonds. The van der Waals surface area contributed by atoms with E-state index in [4.69, 9.17) is 9.84 Å². The molecule has 0 saturated carbocycles. The quantitative estimate of drug-likeness (QED) is 0.709. The van der Waals surface area contributed by atoms with Crippen LogP contribution in [0.3, 0.4) is 0 Å². The van der Waals surface area contributed by atoms with Gasteiger partial charge in [-0.1, -0.05) is 0 Å². The van der Waals surface area contributed by atoms with E-state index < -0.39 is 0 Å². The molecule has 1 heterocycles. The highest BCUT2D eigenvalue weighted by Gasteiger charge is 2.22. The van der Waals surface area contributed by atoms with Crippen molar-refractivity contribution in [2.45, 2.75) is 12.5 Å². The van der Waals surface area contributed by atoms with Gasteiger partial charge in [0.05, 0.1) is 18.3 Å². The summed E-state index contributed by atoms with van der Waals surface area (Å²) >= 11 is 0. The third-order valence-corrected chi connectivity index (χ3v) is 3.11. The molecule has 0 aliphatic carbocycles. The Morgan fingerprint density at radius 3 is 2.95 bits per heavy atom. The summed E-state index contributed by atoms with van der Waals surface area (Å²) < 4.78 is 5.33. The van der Waals surface area contributed by atoms with E-state index in [0.717, 1.165) is 5.69 Å². The number of aliphatic hydroxyl groups is 2. The molecule has 1 aliphatic rings. The fourth-order valence-corrected chi connectivity index (χ4v) is 1.96. The summed E-state index contributed by atoms with van der Waals surface area (Å²) in [7, 11) is 1.70. The number of hydrogen-bond acceptors (Lipinski definition) is 5. The van der Waals surface area contributed by atoms with Crippen molar-refractivity contribution in [1.82, 2.24) is 0 Å². The van der Waals surface area contributed by atoms with Crippen LogP contribution in [0.25, 0.3) is 0 Å². The first-order valence-electron chi connectivity index (χ1n) is 6.17. The second-order valence-corrected chi connectivity index (χ2v) is 4.46. The molecule has 0 radical (unpaired) electrons. The van der Waals surface area contributed by atoms with Crippen molar-refractivity contribution in [3.8, 4) is 5.75 Å². The smallest absolute Gasteiger partial charge is 0.264 e. The van der Waals surface area contributed by atoms with E-state index in [2.05, 4.69) is 5.32 Å². The highest BCUT2D eigenvalue weighted by atomic mass is 16.5. The van der Waals surface area contributed by atoms with Crippen LogP contribution in [0.1, 0.15) is 6.42 Å². The molecular weight excluding hydrogens is 248 g/mol. The summed E-state index contributed by atoms with van der Waals surface area (Å²) in [5.41, 5.74) is 1.47. The van der Waals surface area contributed by atoms with E-state index in [1.165, 1.54) is 0 Å². The van der Waals surface area contributed by atoms with Crippen molar-refractivity contribution in [1.29, 1.82) is 0 Å². The second kappa shape index (κ2) is 5.90. The van der Waals surface area contributed by atoms with Crippen molar-refractivity contribution < 1.29 is 19.7 Å². The van der Waals surface area contributed by atoms with E-state index in [9.17, 15) is 9.90 Å². The number of carbonyl (C=O) groups excluding carboxylic acids is 1. The molecule has 3 N–H and O–H groups in total. The summed E-state index contributed by atoms with van der Waals surface area (Å²) in [6.45, 7) is -0.00632. The number of nitrogens with one attached hydrogen (secondary N) is 1. The van der Waals surface area contributed by atoms with Crippen LogP contribution in [0, 0.1) is 0 Å². The molecule has 1 aliphatic heterocycles. The van der Waals surface area contributed by atoms with Crippen LogP contribution in [-0.2, 0) is 4.79 Å². The van der Waals surface area contributed by atoms with Gasteiger partial charge in [0.1, 0.15) is 5.75 Å². The summed E-state index contributed by atoms with van der Waals surface area (Å²) in [6, 6.07) is 5.19. The number of likely N-dealkylation sites (N-methyl/N-ethyl adjacent to an activating group) is 1. The van der Waals surface area contributed by atoms with Gasteiger partial charge in [0.15, 0.2) is 6.61 Å². The minimum absolute atomic E-state index is 0.00463. The largest absolute Gasteiger partial charge is 0.482 e. The molecule has 19 heavy (non-hydrogen) atoms. The molecule has 1 aromatic rings. The molecular formula is C13H18N2O4. The van der Waals surface area contributed by atoms with Gasteiger partial charge in [-0.05, 0) is 24.6 Å². The van der Waals surface area contributed by atoms with Gasteiger partial charge in [-0.15, -0.1) is 0 Å². The summed E-state index contributed by atoms with van der Waals surface area (Å²) in [4.78, 5) is 13.1. The SMILES string of the molecule is CN1C(=O)COc2ccc(NC(CO)CCO)cc21. The van der Waals surface area contributed by atoms with Gasteiger partial charge < -0.3 is 25.2 Å². The molecule has 0 spiro atoms. The maximum absolute atomic E-state index is 11.6. The second-order valence-electron chi connectivity index (χ2n) is 4.46. The van der Waals surface area contributed by atoms with E-state index in [1.807, 2.05) is 6.07 Å². The predicted molar refractivity (Wildman–Crippen MR) is 71.5 cm³/mol. The lowest BCUT2D eigenvalue weighted by atomic mass is 10.1. The number of aliphatic hydroxyl groups excluding tert-OH is 2. The van der Waals surface area contributed by atoms with E-state index in [-0.39, 0.29) is 31.8 Å². The zero-order valence-corrected chi connectivity index (χ0v) is 10.8. The number of ether oxygens (including phenoxy) is 1. The Hall–Kier alpha value is -1.79. The normalized spacial score (nSPS) is 15.7. The number of nitrogens with zero attached hydrogens (tertiary/aromatic N) is 1.